The molecule has 1 aromatic heterocycles. The van der Waals surface area contributed by atoms with Crippen LogP contribution in [0.3, 0.4) is 0 Å². The Morgan fingerprint density at radius 2 is 2.00 bits per heavy atom. The predicted molar refractivity (Wildman–Crippen MR) is 81.3 cm³/mol. The minimum atomic E-state index is -0.818. The molecule has 2 N–H and O–H groups in total. The maximum Gasteiger partial charge on any atom is 0.129 e. The molecule has 0 radical (unpaired) electrons. The summed E-state index contributed by atoms with van der Waals surface area (Å²) in [6.45, 7) is 0.0814. The average molecular weight is 282 g/mol. The minimum Gasteiger partial charge on any atom is -0.490 e. The number of azide groups is 1. The molecule has 0 saturated carbocycles. The topological polar surface area (TPSA) is 94.0 Å². The molecule has 0 unspecified atom stereocenters. The standard InChI is InChI=1S/C15H14N4O2/c16-19-17-8-10(20)9-21-14-7-3-6-13-15(14)11-4-1-2-5-12(11)18-13/h1-7,10,18,20H,8-9H2/t10-/m0/s1. The summed E-state index contributed by atoms with van der Waals surface area (Å²) in [5, 5.41) is 15.1. The van der Waals surface area contributed by atoms with Gasteiger partial charge in [-0.3, -0.25) is 0 Å². The Morgan fingerprint density at radius 1 is 1.19 bits per heavy atom. The highest BCUT2D eigenvalue weighted by Gasteiger charge is 2.10. The molecule has 0 fully saturated rings. The number of nitrogens with zero attached hydrogens (tertiary/aromatic N) is 3. The molecular formula is C15H14N4O2. The normalized spacial score (nSPS) is 12.2. The second-order valence-electron chi connectivity index (χ2n) is 4.73. The summed E-state index contributed by atoms with van der Waals surface area (Å²) in [6.07, 6.45) is -0.818. The van der Waals surface area contributed by atoms with E-state index in [2.05, 4.69) is 15.0 Å². The molecule has 0 amide bonds. The first kappa shape index (κ1) is 13.3. The van der Waals surface area contributed by atoms with Crippen LogP contribution in [0.1, 0.15) is 0 Å². The van der Waals surface area contributed by atoms with Gasteiger partial charge < -0.3 is 14.8 Å². The Kier molecular flexibility index (Phi) is 3.64. The lowest BCUT2D eigenvalue weighted by molar-refractivity contribution is 0.115. The number of hydrogen-bond acceptors (Lipinski definition) is 3. The third-order valence-electron chi connectivity index (χ3n) is 3.28. The number of fused-ring (bicyclic) bond motifs is 3. The molecule has 6 heteroatoms. The number of aliphatic hydroxyl groups excluding tert-OH is 1. The van der Waals surface area contributed by atoms with Crippen molar-refractivity contribution in [1.29, 1.82) is 0 Å². The fraction of sp³-hybridized carbons (Fsp3) is 0.200. The van der Waals surface area contributed by atoms with Crippen LogP contribution < -0.4 is 4.74 Å². The summed E-state index contributed by atoms with van der Waals surface area (Å²) >= 11 is 0. The molecule has 1 atom stereocenters. The Morgan fingerprint density at radius 3 is 2.86 bits per heavy atom. The van der Waals surface area contributed by atoms with E-state index in [4.69, 9.17) is 10.3 Å². The lowest BCUT2D eigenvalue weighted by Crippen LogP contribution is -2.20. The van der Waals surface area contributed by atoms with Crippen LogP contribution in [0.4, 0.5) is 0 Å². The summed E-state index contributed by atoms with van der Waals surface area (Å²) in [7, 11) is 0. The monoisotopic (exact) mass is 282 g/mol. The fourth-order valence-electron chi connectivity index (χ4n) is 2.36. The van der Waals surface area contributed by atoms with Crippen LogP contribution in [-0.4, -0.2) is 29.3 Å². The van der Waals surface area contributed by atoms with Gasteiger partial charge in [-0.2, -0.15) is 0 Å². The predicted octanol–water partition coefficient (Wildman–Crippen LogP) is 3.37. The third-order valence-corrected chi connectivity index (χ3v) is 3.28. The summed E-state index contributed by atoms with van der Waals surface area (Å²) in [6, 6.07) is 13.7. The number of ether oxygens (including phenoxy) is 1. The van der Waals surface area contributed by atoms with Crippen LogP contribution in [0.2, 0.25) is 0 Å². The number of benzene rings is 2. The van der Waals surface area contributed by atoms with Gasteiger partial charge in [0.05, 0.1) is 18.2 Å². The van der Waals surface area contributed by atoms with Crippen LogP contribution in [0.15, 0.2) is 47.6 Å². The Hall–Kier alpha value is -2.69. The second-order valence-corrected chi connectivity index (χ2v) is 4.73. The lowest BCUT2D eigenvalue weighted by atomic mass is 10.1. The van der Waals surface area contributed by atoms with Crippen LogP contribution in [0, 0.1) is 0 Å². The van der Waals surface area contributed by atoms with Gasteiger partial charge >= 0.3 is 0 Å². The van der Waals surface area contributed by atoms with Gasteiger partial charge in [0.2, 0.25) is 0 Å². The number of nitrogens with one attached hydrogen (secondary N) is 1. The van der Waals surface area contributed by atoms with E-state index in [9.17, 15) is 5.11 Å². The molecule has 0 bridgehead atoms. The molecule has 0 spiro atoms. The molecule has 3 aromatic rings. The number of aliphatic hydroxyl groups is 1. The maximum absolute atomic E-state index is 9.68. The van der Waals surface area contributed by atoms with Crippen LogP contribution in [0.25, 0.3) is 32.2 Å². The highest BCUT2D eigenvalue weighted by Crippen LogP contribution is 2.32. The van der Waals surface area contributed by atoms with Crippen LogP contribution >= 0.6 is 0 Å². The van der Waals surface area contributed by atoms with Gasteiger partial charge in [0.15, 0.2) is 0 Å². The Balaban J connectivity index is 1.93. The summed E-state index contributed by atoms with van der Waals surface area (Å²) in [5.41, 5.74) is 10.3. The summed E-state index contributed by atoms with van der Waals surface area (Å²) < 4.78 is 5.69. The zero-order chi connectivity index (χ0) is 14.7. The van der Waals surface area contributed by atoms with Crippen molar-refractivity contribution >= 4 is 21.8 Å². The first-order valence-corrected chi connectivity index (χ1v) is 6.61. The van der Waals surface area contributed by atoms with E-state index in [-0.39, 0.29) is 13.2 Å². The van der Waals surface area contributed by atoms with E-state index in [0.29, 0.717) is 5.75 Å². The van der Waals surface area contributed by atoms with Gasteiger partial charge in [-0.05, 0) is 23.7 Å². The molecular weight excluding hydrogens is 268 g/mol. The number of hydrogen-bond donors (Lipinski definition) is 2. The van der Waals surface area contributed by atoms with Crippen molar-refractivity contribution in [1.82, 2.24) is 4.98 Å². The largest absolute Gasteiger partial charge is 0.490 e. The molecule has 6 nitrogen and oxygen atoms in total. The average Bonchev–Trinajstić information content (AvgIpc) is 2.90. The quantitative estimate of drug-likeness (QED) is 0.426. The van der Waals surface area contributed by atoms with Gasteiger partial charge in [0.1, 0.15) is 12.4 Å². The van der Waals surface area contributed by atoms with E-state index in [1.807, 2.05) is 42.5 Å². The minimum absolute atomic E-state index is 0.000358. The van der Waals surface area contributed by atoms with Crippen molar-refractivity contribution in [3.63, 3.8) is 0 Å². The Labute approximate surface area is 120 Å². The van der Waals surface area contributed by atoms with Crippen molar-refractivity contribution in [2.75, 3.05) is 13.2 Å². The molecule has 0 aliphatic heterocycles. The first-order chi connectivity index (χ1) is 10.3. The zero-order valence-electron chi connectivity index (χ0n) is 11.2. The number of H-pyrrole nitrogens is 1. The van der Waals surface area contributed by atoms with Crippen molar-refractivity contribution in [3.05, 3.63) is 52.9 Å². The molecule has 1 heterocycles. The van der Waals surface area contributed by atoms with E-state index in [0.717, 1.165) is 21.8 Å². The van der Waals surface area contributed by atoms with Gasteiger partial charge in [-0.15, -0.1) is 0 Å². The zero-order valence-corrected chi connectivity index (χ0v) is 11.2. The molecule has 21 heavy (non-hydrogen) atoms. The van der Waals surface area contributed by atoms with Gasteiger partial charge in [0.25, 0.3) is 0 Å². The second kappa shape index (κ2) is 5.75. The van der Waals surface area contributed by atoms with Crippen molar-refractivity contribution < 1.29 is 9.84 Å². The van der Waals surface area contributed by atoms with Crippen molar-refractivity contribution in [3.8, 4) is 5.75 Å². The lowest BCUT2D eigenvalue weighted by Gasteiger charge is -2.11. The van der Waals surface area contributed by atoms with E-state index >= 15 is 0 Å². The van der Waals surface area contributed by atoms with E-state index in [1.54, 1.807) is 0 Å². The van der Waals surface area contributed by atoms with Gasteiger partial charge in [0, 0.05) is 21.2 Å². The molecule has 2 aromatic carbocycles. The van der Waals surface area contributed by atoms with Gasteiger partial charge in [-0.25, -0.2) is 0 Å². The van der Waals surface area contributed by atoms with Gasteiger partial charge in [-0.1, -0.05) is 29.4 Å². The third kappa shape index (κ3) is 2.63. The number of aromatic nitrogens is 1. The highest BCUT2D eigenvalue weighted by molar-refractivity contribution is 6.10. The molecule has 3 rings (SSSR count). The Bertz CT molecular complexity index is 821. The van der Waals surface area contributed by atoms with Crippen molar-refractivity contribution in [2.24, 2.45) is 5.11 Å². The number of rotatable bonds is 5. The SMILES string of the molecule is [N-]=[N+]=NC[C@H](O)COc1cccc2[nH]c3ccccc3c12. The number of aromatic amines is 1. The van der Waals surface area contributed by atoms with Crippen molar-refractivity contribution in [2.45, 2.75) is 6.10 Å². The highest BCUT2D eigenvalue weighted by atomic mass is 16.5. The number of para-hydroxylation sites is 1. The smallest absolute Gasteiger partial charge is 0.129 e. The van der Waals surface area contributed by atoms with Crippen LogP contribution in [0.5, 0.6) is 5.75 Å². The fourth-order valence-corrected chi connectivity index (χ4v) is 2.36. The molecule has 0 saturated heterocycles. The molecule has 0 aliphatic carbocycles. The summed E-state index contributed by atoms with van der Waals surface area (Å²) in [4.78, 5) is 5.95. The molecule has 106 valence electrons. The first-order valence-electron chi connectivity index (χ1n) is 6.61. The maximum atomic E-state index is 9.68. The summed E-state index contributed by atoms with van der Waals surface area (Å²) in [5.74, 6) is 0.699. The van der Waals surface area contributed by atoms with Crippen LogP contribution in [-0.2, 0) is 0 Å². The molecule has 0 aliphatic rings. The van der Waals surface area contributed by atoms with E-state index in [1.165, 1.54) is 0 Å². The van der Waals surface area contributed by atoms with E-state index < -0.39 is 6.10 Å².